The summed E-state index contributed by atoms with van der Waals surface area (Å²) in [5.41, 5.74) is 2.54. The Kier molecular flexibility index (Phi) is 5.88. The quantitative estimate of drug-likeness (QED) is 0.718. The Labute approximate surface area is 168 Å². The van der Waals surface area contributed by atoms with E-state index in [2.05, 4.69) is 55.9 Å². The zero-order valence-corrected chi connectivity index (χ0v) is 17.7. The van der Waals surface area contributed by atoms with E-state index in [1.807, 2.05) is 11.3 Å². The molecule has 26 heavy (non-hydrogen) atoms. The third kappa shape index (κ3) is 4.27. The van der Waals surface area contributed by atoms with Crippen LogP contribution in [0.3, 0.4) is 0 Å². The lowest BCUT2D eigenvalue weighted by molar-refractivity contribution is 0.244. The monoisotopic (exact) mass is 435 g/mol. The van der Waals surface area contributed by atoms with Gasteiger partial charge in [0, 0.05) is 68.9 Å². The van der Waals surface area contributed by atoms with Gasteiger partial charge in [0.1, 0.15) is 0 Å². The minimum atomic E-state index is 0.926. The molecule has 2 aliphatic heterocycles. The normalized spacial score (nSPS) is 18.9. The Hall–Kier alpha value is -1.02. The molecule has 0 unspecified atom stereocenters. The second kappa shape index (κ2) is 8.33. The van der Waals surface area contributed by atoms with Gasteiger partial charge in [0.05, 0.1) is 9.48 Å². The molecule has 0 aromatic carbocycles. The van der Waals surface area contributed by atoms with Crippen molar-refractivity contribution >= 4 is 33.2 Å². The van der Waals surface area contributed by atoms with Crippen molar-refractivity contribution in [3.05, 3.63) is 38.3 Å². The van der Waals surface area contributed by atoms with Gasteiger partial charge in [-0.25, -0.2) is 9.97 Å². The van der Waals surface area contributed by atoms with Gasteiger partial charge in [-0.05, 0) is 41.0 Å². The number of piperazine rings is 1. The summed E-state index contributed by atoms with van der Waals surface area (Å²) in [6, 6.07) is 4.34. The molecular weight excluding hydrogens is 410 g/mol. The Morgan fingerprint density at radius 2 is 1.96 bits per heavy atom. The lowest BCUT2D eigenvalue weighted by Gasteiger charge is -2.35. The SMILES string of the molecule is CCCN1CCN(c2ncc3c(n2)CCN(Cc2ccc(Br)s2)C3)CC1. The number of hydrogen-bond acceptors (Lipinski definition) is 6. The fourth-order valence-corrected chi connectivity index (χ4v) is 5.32. The molecule has 0 atom stereocenters. The summed E-state index contributed by atoms with van der Waals surface area (Å²) >= 11 is 5.37. The summed E-state index contributed by atoms with van der Waals surface area (Å²) in [6.45, 7) is 10.8. The Morgan fingerprint density at radius 1 is 1.12 bits per heavy atom. The van der Waals surface area contributed by atoms with Gasteiger partial charge < -0.3 is 4.90 Å². The smallest absolute Gasteiger partial charge is 0.225 e. The van der Waals surface area contributed by atoms with Crippen molar-refractivity contribution in [3.63, 3.8) is 0 Å². The minimum absolute atomic E-state index is 0.926. The van der Waals surface area contributed by atoms with Gasteiger partial charge in [-0.15, -0.1) is 11.3 Å². The summed E-state index contributed by atoms with van der Waals surface area (Å²) in [6.07, 6.45) is 4.31. The van der Waals surface area contributed by atoms with E-state index in [9.17, 15) is 0 Å². The minimum Gasteiger partial charge on any atom is -0.338 e. The zero-order chi connectivity index (χ0) is 17.9. The fourth-order valence-electron chi connectivity index (χ4n) is 3.80. The van der Waals surface area contributed by atoms with Crippen LogP contribution in [0, 0.1) is 0 Å². The highest BCUT2D eigenvalue weighted by Crippen LogP contribution is 2.26. The molecule has 2 aromatic rings. The molecule has 140 valence electrons. The van der Waals surface area contributed by atoms with Gasteiger partial charge in [0.2, 0.25) is 5.95 Å². The van der Waals surface area contributed by atoms with Crippen molar-refractivity contribution in [2.24, 2.45) is 0 Å². The predicted octanol–water partition coefficient (Wildman–Crippen LogP) is 3.39. The largest absolute Gasteiger partial charge is 0.338 e. The molecule has 2 aromatic heterocycles. The standard InChI is InChI=1S/C19H26BrN5S/c1-2-6-23-8-10-25(11-9-23)19-21-12-15-13-24(7-5-17(15)22-19)14-16-3-4-18(20)26-16/h3-4,12H,2,5-11,13-14H2,1H3. The van der Waals surface area contributed by atoms with Gasteiger partial charge >= 0.3 is 0 Å². The van der Waals surface area contributed by atoms with Crippen LogP contribution in [0.1, 0.15) is 29.5 Å². The van der Waals surface area contributed by atoms with Crippen LogP contribution in [-0.4, -0.2) is 59.0 Å². The second-order valence-corrected chi connectivity index (χ2v) is 9.68. The number of thiophene rings is 1. The lowest BCUT2D eigenvalue weighted by Crippen LogP contribution is -2.47. The second-order valence-electron chi connectivity index (χ2n) is 7.14. The molecule has 1 saturated heterocycles. The average molecular weight is 436 g/mol. The van der Waals surface area contributed by atoms with Crippen LogP contribution in [0.15, 0.2) is 22.1 Å². The number of anilines is 1. The highest BCUT2D eigenvalue weighted by atomic mass is 79.9. The van der Waals surface area contributed by atoms with Crippen LogP contribution in [0.25, 0.3) is 0 Å². The number of rotatable bonds is 5. The lowest BCUT2D eigenvalue weighted by atomic mass is 10.1. The molecular formula is C19H26BrN5S. The van der Waals surface area contributed by atoms with Crippen molar-refractivity contribution < 1.29 is 0 Å². The van der Waals surface area contributed by atoms with Gasteiger partial charge in [0.15, 0.2) is 0 Å². The third-order valence-electron chi connectivity index (χ3n) is 5.20. The molecule has 2 aliphatic rings. The van der Waals surface area contributed by atoms with E-state index in [1.165, 1.54) is 32.9 Å². The molecule has 0 bridgehead atoms. The van der Waals surface area contributed by atoms with Crippen molar-refractivity contribution in [3.8, 4) is 0 Å². The number of aromatic nitrogens is 2. The van der Waals surface area contributed by atoms with Crippen LogP contribution in [0.4, 0.5) is 5.95 Å². The third-order valence-corrected chi connectivity index (χ3v) is 6.81. The summed E-state index contributed by atoms with van der Waals surface area (Å²) in [5, 5.41) is 0. The molecule has 7 heteroatoms. The summed E-state index contributed by atoms with van der Waals surface area (Å²) in [4.78, 5) is 18.4. The number of halogens is 1. The molecule has 0 spiro atoms. The van der Waals surface area contributed by atoms with Crippen molar-refractivity contribution in [1.29, 1.82) is 0 Å². The summed E-state index contributed by atoms with van der Waals surface area (Å²) in [5.74, 6) is 0.926. The molecule has 4 heterocycles. The summed E-state index contributed by atoms with van der Waals surface area (Å²) in [7, 11) is 0. The van der Waals surface area contributed by atoms with Crippen LogP contribution < -0.4 is 4.90 Å². The molecule has 4 rings (SSSR count). The maximum atomic E-state index is 4.92. The Bertz CT molecular complexity index is 741. The number of nitrogens with zero attached hydrogens (tertiary/aromatic N) is 5. The highest BCUT2D eigenvalue weighted by molar-refractivity contribution is 9.11. The molecule has 0 radical (unpaired) electrons. The first-order valence-electron chi connectivity index (χ1n) is 9.50. The molecule has 0 amide bonds. The predicted molar refractivity (Wildman–Crippen MR) is 111 cm³/mol. The molecule has 1 fully saturated rings. The van der Waals surface area contributed by atoms with E-state index < -0.39 is 0 Å². The first kappa shape index (κ1) is 18.3. The first-order chi connectivity index (χ1) is 12.7. The molecule has 0 aliphatic carbocycles. The van der Waals surface area contributed by atoms with E-state index in [0.717, 1.165) is 58.2 Å². The van der Waals surface area contributed by atoms with Crippen molar-refractivity contribution in [1.82, 2.24) is 19.8 Å². The number of hydrogen-bond donors (Lipinski definition) is 0. The fraction of sp³-hybridized carbons (Fsp3) is 0.579. The maximum Gasteiger partial charge on any atom is 0.225 e. The van der Waals surface area contributed by atoms with Gasteiger partial charge in [-0.3, -0.25) is 9.80 Å². The van der Waals surface area contributed by atoms with Gasteiger partial charge in [-0.1, -0.05) is 6.92 Å². The van der Waals surface area contributed by atoms with Crippen molar-refractivity contribution in [2.45, 2.75) is 32.9 Å². The summed E-state index contributed by atoms with van der Waals surface area (Å²) < 4.78 is 1.21. The first-order valence-corrected chi connectivity index (χ1v) is 11.1. The van der Waals surface area contributed by atoms with Crippen LogP contribution >= 0.6 is 27.3 Å². The van der Waals surface area contributed by atoms with Gasteiger partial charge in [0.25, 0.3) is 0 Å². The molecule has 5 nitrogen and oxygen atoms in total. The van der Waals surface area contributed by atoms with Crippen LogP contribution in [0.5, 0.6) is 0 Å². The Morgan fingerprint density at radius 3 is 2.69 bits per heavy atom. The van der Waals surface area contributed by atoms with Crippen LogP contribution in [-0.2, 0) is 19.5 Å². The number of fused-ring (bicyclic) bond motifs is 1. The van der Waals surface area contributed by atoms with E-state index in [-0.39, 0.29) is 0 Å². The Balaban J connectivity index is 1.38. The molecule has 0 N–H and O–H groups in total. The average Bonchev–Trinajstić information content (AvgIpc) is 3.07. The highest BCUT2D eigenvalue weighted by Gasteiger charge is 2.22. The van der Waals surface area contributed by atoms with E-state index in [1.54, 1.807) is 0 Å². The van der Waals surface area contributed by atoms with E-state index >= 15 is 0 Å². The van der Waals surface area contributed by atoms with Gasteiger partial charge in [-0.2, -0.15) is 0 Å². The van der Waals surface area contributed by atoms with E-state index in [4.69, 9.17) is 9.97 Å². The maximum absolute atomic E-state index is 4.92. The van der Waals surface area contributed by atoms with Crippen molar-refractivity contribution in [2.75, 3.05) is 44.2 Å². The topological polar surface area (TPSA) is 35.5 Å². The van der Waals surface area contributed by atoms with Crippen LogP contribution in [0.2, 0.25) is 0 Å². The zero-order valence-electron chi connectivity index (χ0n) is 15.3. The molecule has 0 saturated carbocycles. The van der Waals surface area contributed by atoms with E-state index in [0.29, 0.717) is 0 Å².